The number of fused-ring (bicyclic) bond motifs is 1. The highest BCUT2D eigenvalue weighted by Crippen LogP contribution is 2.39. The van der Waals surface area contributed by atoms with E-state index in [4.69, 9.17) is 0 Å². The molecule has 2 nitrogen and oxygen atoms in total. The van der Waals surface area contributed by atoms with Crippen LogP contribution < -0.4 is 0 Å². The predicted molar refractivity (Wildman–Crippen MR) is 67.4 cm³/mol. The van der Waals surface area contributed by atoms with E-state index in [1.54, 1.807) is 13.8 Å². The van der Waals surface area contributed by atoms with Crippen LogP contribution in [0.1, 0.15) is 55.1 Å². The Balaban J connectivity index is 2.64. The van der Waals surface area contributed by atoms with Crippen molar-refractivity contribution in [3.05, 3.63) is 34.9 Å². The molecular weight excluding hydrogens is 212 g/mol. The Bertz CT molecular complexity index is 498. The van der Waals surface area contributed by atoms with Gasteiger partial charge in [0.1, 0.15) is 0 Å². The van der Waals surface area contributed by atoms with Crippen LogP contribution in [0.2, 0.25) is 0 Å². The van der Waals surface area contributed by atoms with E-state index in [1.807, 2.05) is 25.1 Å². The molecule has 2 rings (SSSR count). The van der Waals surface area contributed by atoms with Crippen LogP contribution in [0.15, 0.2) is 18.2 Å². The average molecular weight is 230 g/mol. The predicted octanol–water partition coefficient (Wildman–Crippen LogP) is 3.14. The summed E-state index contributed by atoms with van der Waals surface area (Å²) in [6.07, 6.45) is 0.922. The van der Waals surface area contributed by atoms with Gasteiger partial charge in [0.05, 0.1) is 5.41 Å². The number of aryl methyl sites for hydroxylation is 1. The zero-order chi connectivity index (χ0) is 12.8. The van der Waals surface area contributed by atoms with Gasteiger partial charge in [-0.1, -0.05) is 32.0 Å². The van der Waals surface area contributed by atoms with E-state index in [0.717, 1.165) is 17.5 Å². The number of Topliss-reactive ketones (excluding diaryl/α,β-unsaturated/α-hetero) is 2. The molecule has 1 unspecified atom stereocenters. The Kier molecular flexibility index (Phi) is 2.69. The molecule has 0 saturated carbocycles. The number of hydrogen-bond donors (Lipinski definition) is 0. The molecule has 1 aromatic carbocycles. The van der Waals surface area contributed by atoms with Crippen molar-refractivity contribution in [2.75, 3.05) is 0 Å². The van der Waals surface area contributed by atoms with Gasteiger partial charge in [0, 0.05) is 11.5 Å². The lowest BCUT2D eigenvalue weighted by Crippen LogP contribution is -2.41. The molecule has 17 heavy (non-hydrogen) atoms. The van der Waals surface area contributed by atoms with Crippen molar-refractivity contribution in [2.24, 2.45) is 5.41 Å². The monoisotopic (exact) mass is 230 g/mol. The number of benzene rings is 1. The summed E-state index contributed by atoms with van der Waals surface area (Å²) >= 11 is 0. The first-order chi connectivity index (χ1) is 7.89. The molecule has 0 heterocycles. The molecule has 0 fully saturated rings. The van der Waals surface area contributed by atoms with Crippen molar-refractivity contribution in [1.29, 1.82) is 0 Å². The second-order valence-electron chi connectivity index (χ2n) is 5.32. The van der Waals surface area contributed by atoms with Gasteiger partial charge in [-0.2, -0.15) is 0 Å². The van der Waals surface area contributed by atoms with E-state index in [9.17, 15) is 9.59 Å². The smallest absolute Gasteiger partial charge is 0.176 e. The van der Waals surface area contributed by atoms with E-state index in [0.29, 0.717) is 0 Å². The molecule has 0 aliphatic heterocycles. The second kappa shape index (κ2) is 3.80. The fraction of sp³-hybridized carbons (Fsp3) is 0.467. The van der Waals surface area contributed by atoms with Gasteiger partial charge in [-0.3, -0.25) is 9.59 Å². The highest BCUT2D eigenvalue weighted by molar-refractivity contribution is 6.19. The van der Waals surface area contributed by atoms with Gasteiger partial charge in [0.2, 0.25) is 0 Å². The lowest BCUT2D eigenvalue weighted by molar-refractivity contribution is -0.126. The summed E-state index contributed by atoms with van der Waals surface area (Å²) in [4.78, 5) is 24.5. The zero-order valence-corrected chi connectivity index (χ0v) is 10.8. The van der Waals surface area contributed by atoms with E-state index < -0.39 is 5.41 Å². The van der Waals surface area contributed by atoms with Gasteiger partial charge in [-0.15, -0.1) is 0 Å². The van der Waals surface area contributed by atoms with Crippen molar-refractivity contribution in [3.63, 3.8) is 0 Å². The Morgan fingerprint density at radius 1 is 1.24 bits per heavy atom. The molecule has 1 atom stereocenters. The maximum Gasteiger partial charge on any atom is 0.176 e. The van der Waals surface area contributed by atoms with Crippen molar-refractivity contribution < 1.29 is 9.59 Å². The Labute approximate surface area is 102 Å². The highest BCUT2D eigenvalue weighted by atomic mass is 16.2. The van der Waals surface area contributed by atoms with Crippen LogP contribution in [-0.4, -0.2) is 11.6 Å². The molecular formula is C15H18O2. The number of ketones is 2. The summed E-state index contributed by atoms with van der Waals surface area (Å²) < 4.78 is 0. The van der Waals surface area contributed by atoms with Crippen LogP contribution in [0, 0.1) is 5.41 Å². The molecule has 0 amide bonds. The largest absolute Gasteiger partial charge is 0.298 e. The molecule has 2 heteroatoms. The first-order valence-corrected chi connectivity index (χ1v) is 6.11. The molecule has 1 aliphatic carbocycles. The van der Waals surface area contributed by atoms with Crippen molar-refractivity contribution in [1.82, 2.24) is 0 Å². The fourth-order valence-electron chi connectivity index (χ4n) is 2.53. The maximum absolute atomic E-state index is 12.3. The van der Waals surface area contributed by atoms with E-state index in [2.05, 4.69) is 6.92 Å². The van der Waals surface area contributed by atoms with Crippen LogP contribution in [0.3, 0.4) is 0 Å². The summed E-state index contributed by atoms with van der Waals surface area (Å²) in [5.74, 6) is -0.189. The van der Waals surface area contributed by atoms with Crippen LogP contribution in [0.4, 0.5) is 0 Å². The number of hydrogen-bond acceptors (Lipinski definition) is 2. The number of carbonyl (C=O) groups is 2. The normalized spacial score (nSPS) is 22.5. The Hall–Kier alpha value is -1.44. The highest BCUT2D eigenvalue weighted by Gasteiger charge is 2.45. The quantitative estimate of drug-likeness (QED) is 0.694. The lowest BCUT2D eigenvalue weighted by atomic mass is 9.67. The molecule has 90 valence electrons. The summed E-state index contributed by atoms with van der Waals surface area (Å²) in [5.41, 5.74) is 1.93. The molecule has 0 spiro atoms. The molecule has 1 aromatic rings. The van der Waals surface area contributed by atoms with Gasteiger partial charge in [0.25, 0.3) is 0 Å². The summed E-state index contributed by atoms with van der Waals surface area (Å²) in [7, 11) is 0. The van der Waals surface area contributed by atoms with Crippen LogP contribution >= 0.6 is 0 Å². The molecule has 0 aromatic heterocycles. The second-order valence-corrected chi connectivity index (χ2v) is 5.32. The minimum Gasteiger partial charge on any atom is -0.298 e. The third-order valence-corrected chi connectivity index (χ3v) is 3.81. The number of carbonyl (C=O) groups excluding carboxylic acids is 2. The van der Waals surface area contributed by atoms with E-state index in [-0.39, 0.29) is 17.5 Å². The third-order valence-electron chi connectivity index (χ3n) is 3.81. The third kappa shape index (κ3) is 1.63. The molecule has 0 bridgehead atoms. The Morgan fingerprint density at radius 2 is 1.88 bits per heavy atom. The minimum absolute atomic E-state index is 0.0308. The van der Waals surface area contributed by atoms with Gasteiger partial charge in [-0.05, 0) is 31.4 Å². The van der Waals surface area contributed by atoms with Gasteiger partial charge < -0.3 is 0 Å². The van der Waals surface area contributed by atoms with E-state index in [1.165, 1.54) is 5.56 Å². The molecule has 0 N–H and O–H groups in total. The standard InChI is InChI=1S/C15H18O2/c1-5-10-6-7-11-12(8-10)9(2)13(16)15(3,4)14(11)17/h6-9H,5H2,1-4H3. The summed E-state index contributed by atoms with van der Waals surface area (Å²) in [6.45, 7) is 7.42. The SMILES string of the molecule is CCc1ccc2c(c1)C(C)C(=O)C(C)(C)C2=O. The van der Waals surface area contributed by atoms with Crippen molar-refractivity contribution >= 4 is 11.6 Å². The van der Waals surface area contributed by atoms with Crippen molar-refractivity contribution in [2.45, 2.75) is 40.0 Å². The van der Waals surface area contributed by atoms with Crippen molar-refractivity contribution in [3.8, 4) is 0 Å². The van der Waals surface area contributed by atoms with Crippen LogP contribution in [0.25, 0.3) is 0 Å². The van der Waals surface area contributed by atoms with Gasteiger partial charge >= 0.3 is 0 Å². The summed E-state index contributed by atoms with van der Waals surface area (Å²) in [5, 5.41) is 0. The Morgan fingerprint density at radius 3 is 2.47 bits per heavy atom. The van der Waals surface area contributed by atoms with Gasteiger partial charge in [0.15, 0.2) is 11.6 Å². The van der Waals surface area contributed by atoms with Crippen LogP contribution in [0.5, 0.6) is 0 Å². The lowest BCUT2D eigenvalue weighted by Gasteiger charge is -2.32. The minimum atomic E-state index is -0.875. The van der Waals surface area contributed by atoms with Crippen LogP contribution in [-0.2, 0) is 11.2 Å². The fourth-order valence-corrected chi connectivity index (χ4v) is 2.53. The zero-order valence-electron chi connectivity index (χ0n) is 10.8. The van der Waals surface area contributed by atoms with Gasteiger partial charge in [-0.25, -0.2) is 0 Å². The summed E-state index contributed by atoms with van der Waals surface area (Å²) in [6, 6.07) is 5.86. The topological polar surface area (TPSA) is 34.1 Å². The molecule has 0 saturated heterocycles. The molecule has 0 radical (unpaired) electrons. The average Bonchev–Trinajstić information content (AvgIpc) is 2.33. The first-order valence-electron chi connectivity index (χ1n) is 6.11. The maximum atomic E-state index is 12.3. The van der Waals surface area contributed by atoms with E-state index >= 15 is 0 Å². The number of rotatable bonds is 1. The molecule has 1 aliphatic rings. The first kappa shape index (κ1) is 12.0.